The van der Waals surface area contributed by atoms with Crippen molar-refractivity contribution in [2.75, 3.05) is 0 Å². The molecule has 11 heteroatoms. The van der Waals surface area contributed by atoms with Crippen LogP contribution in [0.2, 0.25) is 0 Å². The molecule has 0 amide bonds. The molecule has 1 atom stereocenters. The second kappa shape index (κ2) is 10.8. The van der Waals surface area contributed by atoms with Crippen molar-refractivity contribution < 1.29 is 27.5 Å². The molecule has 0 saturated heterocycles. The molecule has 2 heterocycles. The SMILES string of the molecule is Cn1ccnc1C(NCc1ccc(-n2ccnc2)cc1)c1ccccc1F.O=C(O)C(F)(F)F. The van der Waals surface area contributed by atoms with Crippen LogP contribution >= 0.6 is 0 Å². The smallest absolute Gasteiger partial charge is 0.475 e. The summed E-state index contributed by atoms with van der Waals surface area (Å²) in [5, 5.41) is 10.6. The van der Waals surface area contributed by atoms with E-state index in [1.807, 2.05) is 46.8 Å². The number of carboxylic acids is 1. The molecule has 0 bridgehead atoms. The van der Waals surface area contributed by atoms with Crippen molar-refractivity contribution in [3.8, 4) is 5.69 Å². The van der Waals surface area contributed by atoms with Crippen LogP contribution in [0.4, 0.5) is 17.6 Å². The molecule has 2 N–H and O–H groups in total. The lowest BCUT2D eigenvalue weighted by Crippen LogP contribution is -2.25. The standard InChI is InChI=1S/C21H20FN5.C2HF3O2/c1-26-12-11-24-21(26)20(18-4-2-3-5-19(18)22)25-14-16-6-8-17(9-7-16)27-13-10-23-15-27;3-2(4,5)1(6)7/h2-13,15,20,25H,14H2,1H3;(H,6,7). The molecule has 7 nitrogen and oxygen atoms in total. The van der Waals surface area contributed by atoms with E-state index in [0.29, 0.717) is 12.1 Å². The fraction of sp³-hybridized carbons (Fsp3) is 0.174. The molecule has 0 fully saturated rings. The quantitative estimate of drug-likeness (QED) is 0.407. The predicted octanol–water partition coefficient (Wildman–Crippen LogP) is 4.26. The highest BCUT2D eigenvalue weighted by atomic mass is 19.4. The minimum absolute atomic E-state index is 0.242. The number of rotatable bonds is 6. The molecule has 0 aliphatic rings. The molecule has 0 radical (unpaired) electrons. The zero-order chi connectivity index (χ0) is 24.7. The Morgan fingerprint density at radius 1 is 1.09 bits per heavy atom. The van der Waals surface area contributed by atoms with Gasteiger partial charge in [-0.1, -0.05) is 30.3 Å². The Bertz CT molecular complexity index is 1200. The summed E-state index contributed by atoms with van der Waals surface area (Å²) in [6, 6.07) is 14.7. The van der Waals surface area contributed by atoms with Gasteiger partial charge in [0.1, 0.15) is 11.6 Å². The van der Waals surface area contributed by atoms with Crippen LogP contribution in [0.5, 0.6) is 0 Å². The van der Waals surface area contributed by atoms with E-state index in [9.17, 15) is 17.6 Å². The van der Waals surface area contributed by atoms with Crippen LogP contribution in [0.3, 0.4) is 0 Å². The molecule has 0 saturated carbocycles. The summed E-state index contributed by atoms with van der Waals surface area (Å²) in [6.07, 6.45) is 3.93. The monoisotopic (exact) mass is 475 g/mol. The second-order valence-corrected chi connectivity index (χ2v) is 7.17. The Morgan fingerprint density at radius 2 is 1.76 bits per heavy atom. The van der Waals surface area contributed by atoms with Crippen molar-refractivity contribution in [1.82, 2.24) is 24.4 Å². The summed E-state index contributed by atoms with van der Waals surface area (Å²) in [5.41, 5.74) is 2.74. The summed E-state index contributed by atoms with van der Waals surface area (Å²) in [5.74, 6) is -2.23. The zero-order valence-corrected chi connectivity index (χ0v) is 17.9. The van der Waals surface area contributed by atoms with E-state index >= 15 is 0 Å². The first-order valence-corrected chi connectivity index (χ1v) is 9.99. The molecule has 34 heavy (non-hydrogen) atoms. The van der Waals surface area contributed by atoms with Gasteiger partial charge in [-0.25, -0.2) is 19.2 Å². The average molecular weight is 475 g/mol. The zero-order valence-electron chi connectivity index (χ0n) is 17.9. The van der Waals surface area contributed by atoms with E-state index in [2.05, 4.69) is 27.4 Å². The van der Waals surface area contributed by atoms with Gasteiger partial charge in [-0.2, -0.15) is 13.2 Å². The highest BCUT2D eigenvalue weighted by Gasteiger charge is 2.38. The molecule has 2 aromatic carbocycles. The van der Waals surface area contributed by atoms with Gasteiger partial charge in [-0.15, -0.1) is 0 Å². The van der Waals surface area contributed by atoms with Gasteiger partial charge < -0.3 is 14.2 Å². The van der Waals surface area contributed by atoms with Gasteiger partial charge in [0.25, 0.3) is 0 Å². The van der Waals surface area contributed by atoms with E-state index in [0.717, 1.165) is 17.1 Å². The van der Waals surface area contributed by atoms with Crippen LogP contribution in [0, 0.1) is 5.82 Å². The highest BCUT2D eigenvalue weighted by molar-refractivity contribution is 5.73. The fourth-order valence-corrected chi connectivity index (χ4v) is 3.12. The van der Waals surface area contributed by atoms with Gasteiger partial charge in [0, 0.05) is 49.6 Å². The number of hydrogen-bond acceptors (Lipinski definition) is 4. The largest absolute Gasteiger partial charge is 0.490 e. The van der Waals surface area contributed by atoms with Gasteiger partial charge in [-0.3, -0.25) is 5.32 Å². The number of imidazole rings is 2. The second-order valence-electron chi connectivity index (χ2n) is 7.17. The third-order valence-electron chi connectivity index (χ3n) is 4.82. The van der Waals surface area contributed by atoms with Crippen molar-refractivity contribution in [2.45, 2.75) is 18.8 Å². The third-order valence-corrected chi connectivity index (χ3v) is 4.82. The Morgan fingerprint density at radius 3 is 2.29 bits per heavy atom. The molecule has 178 valence electrons. The lowest BCUT2D eigenvalue weighted by Gasteiger charge is -2.20. The molecule has 4 aromatic rings. The minimum atomic E-state index is -5.08. The fourth-order valence-electron chi connectivity index (χ4n) is 3.12. The number of nitrogens with one attached hydrogen (secondary N) is 1. The first kappa shape index (κ1) is 24.6. The lowest BCUT2D eigenvalue weighted by atomic mass is 10.0. The normalized spacial score (nSPS) is 12.0. The summed E-state index contributed by atoms with van der Waals surface area (Å²) < 4.78 is 50.0. The maximum absolute atomic E-state index is 14.4. The number of carbonyl (C=O) groups is 1. The Balaban J connectivity index is 0.000000406. The van der Waals surface area contributed by atoms with E-state index in [1.165, 1.54) is 6.07 Å². The lowest BCUT2D eigenvalue weighted by molar-refractivity contribution is -0.192. The number of benzene rings is 2. The maximum Gasteiger partial charge on any atom is 0.490 e. The number of aryl methyl sites for hydroxylation is 1. The predicted molar refractivity (Wildman–Crippen MR) is 116 cm³/mol. The first-order valence-electron chi connectivity index (χ1n) is 9.99. The molecule has 2 aromatic heterocycles. The van der Waals surface area contributed by atoms with Gasteiger partial charge in [0.15, 0.2) is 0 Å². The molecule has 4 rings (SSSR count). The summed E-state index contributed by atoms with van der Waals surface area (Å²) in [4.78, 5) is 17.4. The summed E-state index contributed by atoms with van der Waals surface area (Å²) >= 11 is 0. The summed E-state index contributed by atoms with van der Waals surface area (Å²) in [6.45, 7) is 0.593. The van der Waals surface area contributed by atoms with Gasteiger partial charge in [-0.05, 0) is 23.8 Å². The molecule has 0 aliphatic heterocycles. The number of alkyl halides is 3. The van der Waals surface area contributed by atoms with Crippen molar-refractivity contribution in [1.29, 1.82) is 0 Å². The number of aliphatic carboxylic acids is 1. The van der Waals surface area contributed by atoms with Crippen LogP contribution in [-0.2, 0) is 18.4 Å². The van der Waals surface area contributed by atoms with E-state index in [1.54, 1.807) is 30.9 Å². The number of halogens is 4. The van der Waals surface area contributed by atoms with Crippen LogP contribution in [-0.4, -0.2) is 36.4 Å². The Hall–Kier alpha value is -3.99. The average Bonchev–Trinajstić information content (AvgIpc) is 3.48. The van der Waals surface area contributed by atoms with Crippen LogP contribution in [0.25, 0.3) is 5.69 Å². The van der Waals surface area contributed by atoms with Crippen molar-refractivity contribution >= 4 is 5.97 Å². The van der Waals surface area contributed by atoms with Gasteiger partial charge in [0.05, 0.1) is 12.4 Å². The van der Waals surface area contributed by atoms with Crippen LogP contribution in [0.15, 0.2) is 79.6 Å². The third kappa shape index (κ3) is 6.29. The molecule has 0 aliphatic carbocycles. The van der Waals surface area contributed by atoms with Crippen LogP contribution in [0.1, 0.15) is 23.0 Å². The Labute approximate surface area is 192 Å². The van der Waals surface area contributed by atoms with E-state index in [-0.39, 0.29) is 11.9 Å². The van der Waals surface area contributed by atoms with Crippen molar-refractivity contribution in [3.63, 3.8) is 0 Å². The minimum Gasteiger partial charge on any atom is -0.475 e. The van der Waals surface area contributed by atoms with Crippen molar-refractivity contribution in [2.24, 2.45) is 7.05 Å². The molecular weight excluding hydrogens is 454 g/mol. The Kier molecular flexibility index (Phi) is 7.79. The molecule has 0 spiro atoms. The molecular formula is C23H21F4N5O2. The van der Waals surface area contributed by atoms with Crippen molar-refractivity contribution in [3.05, 3.63) is 102 Å². The molecule has 1 unspecified atom stereocenters. The number of hydrogen-bond donors (Lipinski definition) is 2. The van der Waals surface area contributed by atoms with Crippen LogP contribution < -0.4 is 5.32 Å². The first-order chi connectivity index (χ1) is 16.2. The van der Waals surface area contributed by atoms with E-state index < -0.39 is 12.1 Å². The number of nitrogens with zero attached hydrogens (tertiary/aromatic N) is 4. The number of carboxylic acid groups (broad SMARTS) is 1. The number of aromatic nitrogens is 4. The summed E-state index contributed by atoms with van der Waals surface area (Å²) in [7, 11) is 1.91. The highest BCUT2D eigenvalue weighted by Crippen LogP contribution is 2.23. The maximum atomic E-state index is 14.4. The van der Waals surface area contributed by atoms with Gasteiger partial charge in [0.2, 0.25) is 0 Å². The van der Waals surface area contributed by atoms with Gasteiger partial charge >= 0.3 is 12.1 Å². The van der Waals surface area contributed by atoms with E-state index in [4.69, 9.17) is 9.90 Å². The topological polar surface area (TPSA) is 85.0 Å².